The zero-order valence-corrected chi connectivity index (χ0v) is 10.1. The number of anilines is 1. The number of hydrogen-bond acceptors (Lipinski definition) is 3. The lowest BCUT2D eigenvalue weighted by Gasteiger charge is -2.26. The summed E-state index contributed by atoms with van der Waals surface area (Å²) < 4.78 is 4.25. The van der Waals surface area contributed by atoms with Gasteiger partial charge in [0.25, 0.3) is 0 Å². The third-order valence-electron chi connectivity index (χ3n) is 2.55. The number of nitrogens with zero attached hydrogens (tertiary/aromatic N) is 2. The second-order valence-corrected chi connectivity index (χ2v) is 5.28. The molecular weight excluding hydrogens is 251 g/mol. The Hall–Kier alpha value is -0.380. The van der Waals surface area contributed by atoms with E-state index in [0.29, 0.717) is 16.1 Å². The van der Waals surface area contributed by atoms with Gasteiger partial charge in [0, 0.05) is 18.0 Å². The molecule has 0 N–H and O–H groups in total. The van der Waals surface area contributed by atoms with E-state index < -0.39 is 0 Å². The molecule has 5 heteroatoms. The fourth-order valence-corrected chi connectivity index (χ4v) is 2.81. The Morgan fingerprint density at radius 2 is 2.13 bits per heavy atom. The molecule has 2 nitrogen and oxygen atoms in total. The molecule has 1 saturated carbocycles. The summed E-state index contributed by atoms with van der Waals surface area (Å²) in [4.78, 5) is 3.22. The molecule has 0 saturated heterocycles. The first kappa shape index (κ1) is 9.82. The summed E-state index contributed by atoms with van der Waals surface area (Å²) in [6, 6.07) is 4.35. The van der Waals surface area contributed by atoms with E-state index in [4.69, 9.17) is 23.2 Å². The molecule has 1 aliphatic heterocycles. The molecule has 1 heterocycles. The molecule has 2 aliphatic rings. The summed E-state index contributed by atoms with van der Waals surface area (Å²) in [5.41, 5.74) is 1.02. The topological polar surface area (TPSA) is 15.6 Å². The third-order valence-corrected chi connectivity index (χ3v) is 4.07. The summed E-state index contributed by atoms with van der Waals surface area (Å²) in [7, 11) is 0. The quantitative estimate of drug-likeness (QED) is 0.708. The predicted molar refractivity (Wildman–Crippen MR) is 66.3 cm³/mol. The van der Waals surface area contributed by atoms with Gasteiger partial charge in [0.05, 0.1) is 20.6 Å². The highest BCUT2D eigenvalue weighted by molar-refractivity contribution is 7.98. The van der Waals surface area contributed by atoms with Crippen LogP contribution in [0.4, 0.5) is 5.69 Å². The Morgan fingerprint density at radius 1 is 1.33 bits per heavy atom. The van der Waals surface area contributed by atoms with Gasteiger partial charge in [0.1, 0.15) is 6.34 Å². The van der Waals surface area contributed by atoms with Gasteiger partial charge >= 0.3 is 0 Å². The molecule has 0 amide bonds. The maximum absolute atomic E-state index is 6.23. The molecule has 1 aliphatic carbocycles. The smallest absolute Gasteiger partial charge is 0.104 e. The molecular formula is C10H8Cl2N2S. The van der Waals surface area contributed by atoms with E-state index in [1.54, 1.807) is 0 Å². The van der Waals surface area contributed by atoms with Gasteiger partial charge in [0.15, 0.2) is 0 Å². The van der Waals surface area contributed by atoms with Gasteiger partial charge in [-0.15, -0.1) is 0 Å². The minimum absolute atomic E-state index is 0.560. The highest BCUT2D eigenvalue weighted by Crippen LogP contribution is 2.46. The van der Waals surface area contributed by atoms with Crippen molar-refractivity contribution in [1.82, 2.24) is 0 Å². The number of hydrogen-bond donors (Lipinski definition) is 0. The van der Waals surface area contributed by atoms with Crippen LogP contribution in [0.25, 0.3) is 0 Å². The van der Waals surface area contributed by atoms with Crippen LogP contribution in [0, 0.1) is 0 Å². The van der Waals surface area contributed by atoms with Crippen molar-refractivity contribution in [3.05, 3.63) is 22.2 Å². The molecule has 1 aromatic rings. The van der Waals surface area contributed by atoms with E-state index in [-0.39, 0.29) is 0 Å². The standard InChI is InChI=1S/C10H8Cl2N2S/c11-7-3-4-8-10(9(7)12)14(5-13-15-8)6-1-2-6/h3-6H,1-2H2. The van der Waals surface area contributed by atoms with E-state index in [0.717, 1.165) is 10.6 Å². The maximum Gasteiger partial charge on any atom is 0.104 e. The van der Waals surface area contributed by atoms with Crippen molar-refractivity contribution in [1.29, 1.82) is 0 Å². The largest absolute Gasteiger partial charge is 0.326 e. The zero-order valence-electron chi connectivity index (χ0n) is 7.78. The first-order valence-corrected chi connectivity index (χ1v) is 6.27. The van der Waals surface area contributed by atoms with Crippen LogP contribution in [-0.4, -0.2) is 12.4 Å². The maximum atomic E-state index is 6.23. The van der Waals surface area contributed by atoms with Gasteiger partial charge < -0.3 is 4.90 Å². The van der Waals surface area contributed by atoms with Crippen LogP contribution in [0.1, 0.15) is 12.8 Å². The molecule has 1 aromatic carbocycles. The van der Waals surface area contributed by atoms with E-state index in [2.05, 4.69) is 9.30 Å². The fourth-order valence-electron chi connectivity index (χ4n) is 1.65. The lowest BCUT2D eigenvalue weighted by Crippen LogP contribution is -2.26. The van der Waals surface area contributed by atoms with Crippen LogP contribution in [0.15, 0.2) is 21.4 Å². The SMILES string of the molecule is Clc1ccc2c(c1Cl)N(C1CC1)C=NS2. The highest BCUT2D eigenvalue weighted by atomic mass is 35.5. The third kappa shape index (κ3) is 1.63. The molecule has 0 radical (unpaired) electrons. The van der Waals surface area contributed by atoms with Crippen molar-refractivity contribution < 1.29 is 0 Å². The van der Waals surface area contributed by atoms with Gasteiger partial charge in [-0.2, -0.15) is 0 Å². The Bertz CT molecular complexity index is 443. The Labute approximate surface area is 102 Å². The zero-order chi connectivity index (χ0) is 10.4. The van der Waals surface area contributed by atoms with E-state index in [1.165, 1.54) is 24.8 Å². The molecule has 0 atom stereocenters. The molecule has 0 unspecified atom stereocenters. The average molecular weight is 259 g/mol. The first-order valence-electron chi connectivity index (χ1n) is 4.74. The minimum atomic E-state index is 0.560. The van der Waals surface area contributed by atoms with Crippen molar-refractivity contribution in [2.45, 2.75) is 23.8 Å². The van der Waals surface area contributed by atoms with Crippen LogP contribution in [0.5, 0.6) is 0 Å². The van der Waals surface area contributed by atoms with Gasteiger partial charge in [0.2, 0.25) is 0 Å². The predicted octanol–water partition coefficient (Wildman–Crippen LogP) is 4.01. The highest BCUT2D eigenvalue weighted by Gasteiger charge is 2.33. The van der Waals surface area contributed by atoms with Crippen LogP contribution in [0.2, 0.25) is 10.0 Å². The van der Waals surface area contributed by atoms with Crippen LogP contribution < -0.4 is 4.90 Å². The minimum Gasteiger partial charge on any atom is -0.326 e. The second-order valence-electron chi connectivity index (χ2n) is 3.66. The van der Waals surface area contributed by atoms with Gasteiger partial charge in [-0.1, -0.05) is 23.2 Å². The summed E-state index contributed by atoms with van der Waals surface area (Å²) >= 11 is 13.7. The Balaban J connectivity index is 2.14. The summed E-state index contributed by atoms with van der Waals surface area (Å²) in [5, 5.41) is 1.25. The summed E-state index contributed by atoms with van der Waals surface area (Å²) in [6.45, 7) is 0. The number of halogens is 2. The Kier molecular flexibility index (Phi) is 2.34. The van der Waals surface area contributed by atoms with E-state index in [1.807, 2.05) is 18.5 Å². The van der Waals surface area contributed by atoms with Crippen molar-refractivity contribution >= 4 is 47.2 Å². The van der Waals surface area contributed by atoms with Crippen molar-refractivity contribution in [2.24, 2.45) is 4.40 Å². The van der Waals surface area contributed by atoms with Crippen molar-refractivity contribution in [3.63, 3.8) is 0 Å². The first-order chi connectivity index (χ1) is 7.27. The molecule has 1 fully saturated rings. The number of rotatable bonds is 1. The van der Waals surface area contributed by atoms with Crippen molar-refractivity contribution in [2.75, 3.05) is 4.90 Å². The van der Waals surface area contributed by atoms with Crippen LogP contribution in [-0.2, 0) is 0 Å². The van der Waals surface area contributed by atoms with Crippen molar-refractivity contribution in [3.8, 4) is 0 Å². The monoisotopic (exact) mass is 258 g/mol. The molecule has 15 heavy (non-hydrogen) atoms. The van der Waals surface area contributed by atoms with Crippen LogP contribution in [0.3, 0.4) is 0 Å². The number of benzene rings is 1. The lowest BCUT2D eigenvalue weighted by atomic mass is 10.3. The fraction of sp³-hybridized carbons (Fsp3) is 0.300. The van der Waals surface area contributed by atoms with Crippen LogP contribution >= 0.6 is 35.1 Å². The van der Waals surface area contributed by atoms with Gasteiger partial charge in [-0.25, -0.2) is 4.40 Å². The normalized spacial score (nSPS) is 19.2. The lowest BCUT2D eigenvalue weighted by molar-refractivity contribution is 0.997. The molecule has 78 valence electrons. The molecule has 0 bridgehead atoms. The summed E-state index contributed by atoms with van der Waals surface area (Å²) in [6.07, 6.45) is 4.27. The van der Waals surface area contributed by atoms with E-state index in [9.17, 15) is 0 Å². The average Bonchev–Trinajstić information content (AvgIpc) is 3.06. The van der Waals surface area contributed by atoms with Gasteiger partial charge in [-0.05, 0) is 25.0 Å². The second kappa shape index (κ2) is 3.58. The van der Waals surface area contributed by atoms with E-state index >= 15 is 0 Å². The Morgan fingerprint density at radius 3 is 2.87 bits per heavy atom. The summed E-state index contributed by atoms with van der Waals surface area (Å²) in [5.74, 6) is 0. The molecule has 0 aromatic heterocycles. The molecule has 3 rings (SSSR count). The van der Waals surface area contributed by atoms with Gasteiger partial charge in [-0.3, -0.25) is 0 Å². The number of fused-ring (bicyclic) bond motifs is 1. The molecule has 0 spiro atoms.